The summed E-state index contributed by atoms with van der Waals surface area (Å²) in [4.78, 5) is 12.4. The monoisotopic (exact) mass is 339 g/mol. The Labute approximate surface area is 117 Å². The zero-order chi connectivity index (χ0) is 14.6. The van der Waals surface area contributed by atoms with Crippen LogP contribution in [0.4, 0.5) is 18.9 Å². The molecule has 0 saturated heterocycles. The van der Waals surface area contributed by atoms with Crippen LogP contribution in [0.1, 0.15) is 12.0 Å². The molecule has 19 heavy (non-hydrogen) atoms. The van der Waals surface area contributed by atoms with Crippen LogP contribution in [0, 0.1) is 0 Å². The van der Waals surface area contributed by atoms with Gasteiger partial charge in [-0.25, -0.2) is 0 Å². The van der Waals surface area contributed by atoms with Crippen LogP contribution >= 0.6 is 15.9 Å². The van der Waals surface area contributed by atoms with Gasteiger partial charge in [0.15, 0.2) is 0 Å². The number of anilines is 1. The van der Waals surface area contributed by atoms with Crippen LogP contribution in [0.25, 0.3) is 0 Å². The largest absolute Gasteiger partial charge is 0.469 e. The average molecular weight is 340 g/mol. The van der Waals surface area contributed by atoms with Gasteiger partial charge in [-0.3, -0.25) is 4.79 Å². The molecule has 0 saturated carbocycles. The van der Waals surface area contributed by atoms with E-state index in [0.717, 1.165) is 6.07 Å². The minimum absolute atomic E-state index is 0.0274. The number of rotatable bonds is 4. The van der Waals surface area contributed by atoms with Gasteiger partial charge in [0.2, 0.25) is 0 Å². The fraction of sp³-hybridized carbons (Fsp3) is 0.417. The summed E-state index contributed by atoms with van der Waals surface area (Å²) in [7, 11) is 2.74. The summed E-state index contributed by atoms with van der Waals surface area (Å²) < 4.78 is 43.6. The van der Waals surface area contributed by atoms with Crippen molar-refractivity contribution in [2.45, 2.75) is 12.6 Å². The highest BCUT2D eigenvalue weighted by Crippen LogP contribution is 2.37. The standard InChI is InChI=1S/C12H13BrF3NO2/c1-17(6-5-11(18)19-2)10-4-3-8(13)7-9(10)12(14,15)16/h3-4,7H,5-6H2,1-2H3. The zero-order valence-electron chi connectivity index (χ0n) is 10.4. The van der Waals surface area contributed by atoms with Crippen molar-refractivity contribution in [3.63, 3.8) is 0 Å². The molecule has 1 aromatic rings. The highest BCUT2D eigenvalue weighted by molar-refractivity contribution is 9.10. The molecule has 0 heterocycles. The van der Waals surface area contributed by atoms with Gasteiger partial charge in [0.05, 0.1) is 19.1 Å². The topological polar surface area (TPSA) is 29.5 Å². The second-order valence-electron chi connectivity index (χ2n) is 3.91. The first-order valence-corrected chi connectivity index (χ1v) is 6.19. The number of hydrogen-bond donors (Lipinski definition) is 0. The molecule has 0 aliphatic heterocycles. The summed E-state index contributed by atoms with van der Waals surface area (Å²) in [5, 5.41) is 0. The Balaban J connectivity index is 2.96. The third kappa shape index (κ3) is 4.41. The number of benzene rings is 1. The minimum Gasteiger partial charge on any atom is -0.469 e. The molecule has 106 valence electrons. The number of hydrogen-bond acceptors (Lipinski definition) is 3. The third-order valence-corrected chi connectivity index (χ3v) is 3.05. The van der Waals surface area contributed by atoms with Gasteiger partial charge in [-0.05, 0) is 18.2 Å². The van der Waals surface area contributed by atoms with Gasteiger partial charge in [-0.15, -0.1) is 0 Å². The van der Waals surface area contributed by atoms with E-state index in [2.05, 4.69) is 20.7 Å². The quantitative estimate of drug-likeness (QED) is 0.786. The molecular formula is C12H13BrF3NO2. The molecule has 0 radical (unpaired) electrons. The number of carbonyl (C=O) groups excluding carboxylic acids is 1. The summed E-state index contributed by atoms with van der Waals surface area (Å²) >= 11 is 3.02. The maximum absolute atomic E-state index is 12.9. The second-order valence-corrected chi connectivity index (χ2v) is 4.82. The summed E-state index contributed by atoms with van der Waals surface area (Å²) in [5.41, 5.74) is -0.714. The van der Waals surface area contributed by atoms with Crippen molar-refractivity contribution in [1.82, 2.24) is 0 Å². The number of alkyl halides is 3. The predicted molar refractivity (Wildman–Crippen MR) is 69.0 cm³/mol. The fourth-order valence-electron chi connectivity index (χ4n) is 1.55. The van der Waals surface area contributed by atoms with Crippen molar-refractivity contribution < 1.29 is 22.7 Å². The van der Waals surface area contributed by atoms with E-state index in [9.17, 15) is 18.0 Å². The molecular weight excluding hydrogens is 327 g/mol. The van der Waals surface area contributed by atoms with Crippen LogP contribution < -0.4 is 4.90 Å². The van der Waals surface area contributed by atoms with Crippen molar-refractivity contribution in [3.05, 3.63) is 28.2 Å². The van der Waals surface area contributed by atoms with Crippen molar-refractivity contribution in [2.24, 2.45) is 0 Å². The zero-order valence-corrected chi connectivity index (χ0v) is 12.0. The van der Waals surface area contributed by atoms with Gasteiger partial charge in [0, 0.05) is 23.8 Å². The highest BCUT2D eigenvalue weighted by Gasteiger charge is 2.34. The molecule has 0 unspecified atom stereocenters. The maximum atomic E-state index is 12.9. The highest BCUT2D eigenvalue weighted by atomic mass is 79.9. The molecule has 0 spiro atoms. The third-order valence-electron chi connectivity index (χ3n) is 2.55. The molecule has 1 aromatic carbocycles. The van der Waals surface area contributed by atoms with Crippen LogP contribution in [-0.4, -0.2) is 26.7 Å². The van der Waals surface area contributed by atoms with Gasteiger partial charge < -0.3 is 9.64 Å². The number of methoxy groups -OCH3 is 1. The van der Waals surface area contributed by atoms with E-state index in [-0.39, 0.29) is 18.7 Å². The van der Waals surface area contributed by atoms with Crippen LogP contribution in [0.5, 0.6) is 0 Å². The number of nitrogens with zero attached hydrogens (tertiary/aromatic N) is 1. The van der Waals surface area contributed by atoms with E-state index in [1.165, 1.54) is 31.2 Å². The van der Waals surface area contributed by atoms with E-state index in [0.29, 0.717) is 4.47 Å². The number of halogens is 4. The summed E-state index contributed by atoms with van der Waals surface area (Å²) in [6, 6.07) is 3.91. The number of esters is 1. The SMILES string of the molecule is COC(=O)CCN(C)c1ccc(Br)cc1C(F)(F)F. The van der Waals surface area contributed by atoms with Crippen molar-refractivity contribution in [2.75, 3.05) is 25.6 Å². The van der Waals surface area contributed by atoms with Crippen LogP contribution in [0.2, 0.25) is 0 Å². The Morgan fingerprint density at radius 3 is 2.58 bits per heavy atom. The van der Waals surface area contributed by atoms with Gasteiger partial charge in [0.1, 0.15) is 0 Å². The lowest BCUT2D eigenvalue weighted by atomic mass is 10.1. The predicted octanol–water partition coefficient (Wildman–Crippen LogP) is 3.47. The number of ether oxygens (including phenoxy) is 1. The smallest absolute Gasteiger partial charge is 0.418 e. The van der Waals surface area contributed by atoms with Gasteiger partial charge in [0.25, 0.3) is 0 Å². The van der Waals surface area contributed by atoms with E-state index >= 15 is 0 Å². The molecule has 0 aliphatic rings. The second kappa shape index (κ2) is 6.27. The molecule has 1 rings (SSSR count). The van der Waals surface area contributed by atoms with Crippen molar-refractivity contribution in [1.29, 1.82) is 0 Å². The Bertz CT molecular complexity index is 463. The molecule has 0 amide bonds. The van der Waals surface area contributed by atoms with E-state index in [4.69, 9.17) is 0 Å². The summed E-state index contributed by atoms with van der Waals surface area (Å²) in [6.45, 7) is 0.150. The lowest BCUT2D eigenvalue weighted by Gasteiger charge is -2.23. The molecule has 0 atom stereocenters. The molecule has 0 aromatic heterocycles. The summed E-state index contributed by atoms with van der Waals surface area (Å²) in [5.74, 6) is -0.461. The van der Waals surface area contributed by atoms with Gasteiger partial charge >= 0.3 is 12.1 Å². The van der Waals surface area contributed by atoms with Gasteiger partial charge in [-0.1, -0.05) is 15.9 Å². The Hall–Kier alpha value is -1.24. The van der Waals surface area contributed by atoms with Crippen molar-refractivity contribution >= 4 is 27.6 Å². The lowest BCUT2D eigenvalue weighted by molar-refractivity contribution is -0.140. The number of carbonyl (C=O) groups is 1. The average Bonchev–Trinajstić information content (AvgIpc) is 2.34. The first-order valence-electron chi connectivity index (χ1n) is 5.40. The molecule has 0 N–H and O–H groups in total. The van der Waals surface area contributed by atoms with Crippen molar-refractivity contribution in [3.8, 4) is 0 Å². The normalized spacial score (nSPS) is 11.3. The molecule has 7 heteroatoms. The lowest BCUT2D eigenvalue weighted by Crippen LogP contribution is -2.24. The first kappa shape index (κ1) is 15.8. The van der Waals surface area contributed by atoms with E-state index in [1.54, 1.807) is 0 Å². The van der Waals surface area contributed by atoms with Gasteiger partial charge in [-0.2, -0.15) is 13.2 Å². The molecule has 0 aliphatic carbocycles. The van der Waals surface area contributed by atoms with E-state index in [1.807, 2.05) is 0 Å². The minimum atomic E-state index is -4.45. The van der Waals surface area contributed by atoms with Crippen LogP contribution in [0.15, 0.2) is 22.7 Å². The Kier molecular flexibility index (Phi) is 5.22. The van der Waals surface area contributed by atoms with Crippen LogP contribution in [-0.2, 0) is 15.7 Å². The molecule has 0 fully saturated rings. The Morgan fingerprint density at radius 1 is 1.42 bits per heavy atom. The first-order chi connectivity index (χ1) is 8.75. The van der Waals surface area contributed by atoms with E-state index < -0.39 is 17.7 Å². The summed E-state index contributed by atoms with van der Waals surface area (Å²) in [6.07, 6.45) is -4.42. The maximum Gasteiger partial charge on any atom is 0.418 e. The molecule has 0 bridgehead atoms. The Morgan fingerprint density at radius 2 is 2.05 bits per heavy atom. The fourth-order valence-corrected chi connectivity index (χ4v) is 1.91. The molecule has 3 nitrogen and oxygen atoms in total. The van der Waals surface area contributed by atoms with Crippen LogP contribution in [0.3, 0.4) is 0 Å².